The van der Waals surface area contributed by atoms with Gasteiger partial charge in [0.1, 0.15) is 0 Å². The van der Waals surface area contributed by atoms with Crippen molar-refractivity contribution in [2.75, 3.05) is 6.61 Å². The number of halogens is 1. The molecule has 0 amide bonds. The van der Waals surface area contributed by atoms with E-state index in [9.17, 15) is 0 Å². The van der Waals surface area contributed by atoms with Crippen molar-refractivity contribution in [2.45, 2.75) is 38.7 Å². The minimum Gasteiger partial charge on any atom is -0.353 e. The molecule has 0 saturated carbocycles. The Morgan fingerprint density at radius 2 is 2.35 bits per heavy atom. The lowest BCUT2D eigenvalue weighted by atomic mass is 10.1. The molecule has 2 heterocycles. The summed E-state index contributed by atoms with van der Waals surface area (Å²) in [7, 11) is 0. The monoisotopic (exact) mass is 256 g/mol. The highest BCUT2D eigenvalue weighted by Gasteiger charge is 2.15. The predicted octanol–water partition coefficient (Wildman–Crippen LogP) is 2.24. The van der Waals surface area contributed by atoms with Crippen LogP contribution in [0.3, 0.4) is 0 Å². The van der Waals surface area contributed by atoms with Crippen LogP contribution in [0.25, 0.3) is 0 Å². The van der Waals surface area contributed by atoms with Crippen LogP contribution in [-0.2, 0) is 22.6 Å². The zero-order valence-corrected chi connectivity index (χ0v) is 10.4. The van der Waals surface area contributed by atoms with E-state index in [2.05, 4.69) is 4.98 Å². The summed E-state index contributed by atoms with van der Waals surface area (Å²) in [4.78, 5) is 4.01. The molecule has 1 aromatic rings. The molecule has 5 heteroatoms. The van der Waals surface area contributed by atoms with Crippen LogP contribution in [0.5, 0.6) is 0 Å². The molecule has 1 saturated heterocycles. The summed E-state index contributed by atoms with van der Waals surface area (Å²) in [6, 6.07) is 0. The van der Waals surface area contributed by atoms with Crippen LogP contribution in [0.2, 0.25) is 5.02 Å². The fourth-order valence-corrected chi connectivity index (χ4v) is 2.09. The van der Waals surface area contributed by atoms with Crippen LogP contribution >= 0.6 is 11.6 Å². The SMILES string of the molecule is NCc1cncc(Cl)c1COC1CCCCO1. The van der Waals surface area contributed by atoms with Crippen LogP contribution in [-0.4, -0.2) is 17.9 Å². The van der Waals surface area contributed by atoms with E-state index in [0.29, 0.717) is 18.2 Å². The van der Waals surface area contributed by atoms with Gasteiger partial charge in [-0.25, -0.2) is 0 Å². The molecular weight excluding hydrogens is 240 g/mol. The first-order valence-corrected chi connectivity index (χ1v) is 6.23. The molecule has 1 aliphatic rings. The second kappa shape index (κ2) is 6.31. The molecule has 0 aromatic carbocycles. The molecule has 2 rings (SSSR count). The maximum Gasteiger partial charge on any atom is 0.158 e. The van der Waals surface area contributed by atoms with Crippen LogP contribution in [0.1, 0.15) is 30.4 Å². The van der Waals surface area contributed by atoms with E-state index in [-0.39, 0.29) is 6.29 Å². The number of hydrogen-bond acceptors (Lipinski definition) is 4. The van der Waals surface area contributed by atoms with E-state index >= 15 is 0 Å². The molecule has 94 valence electrons. The molecule has 4 nitrogen and oxygen atoms in total. The maximum absolute atomic E-state index is 6.09. The lowest BCUT2D eigenvalue weighted by molar-refractivity contribution is -0.169. The number of aromatic nitrogens is 1. The third kappa shape index (κ3) is 3.39. The maximum atomic E-state index is 6.09. The highest BCUT2D eigenvalue weighted by atomic mass is 35.5. The van der Waals surface area contributed by atoms with Crippen LogP contribution < -0.4 is 5.73 Å². The Balaban J connectivity index is 1.97. The average molecular weight is 257 g/mol. The second-order valence-corrected chi connectivity index (χ2v) is 4.48. The zero-order chi connectivity index (χ0) is 12.1. The first-order chi connectivity index (χ1) is 8.31. The average Bonchev–Trinajstić information content (AvgIpc) is 2.38. The van der Waals surface area contributed by atoms with Gasteiger partial charge in [-0.2, -0.15) is 0 Å². The Labute approximate surface area is 106 Å². The standard InChI is InChI=1S/C12H17ClN2O2/c13-11-7-15-6-9(5-14)10(11)8-17-12-3-1-2-4-16-12/h6-7,12H,1-5,8,14H2. The number of pyridine rings is 1. The Hall–Kier alpha value is -0.680. The third-order valence-electron chi connectivity index (χ3n) is 2.87. The lowest BCUT2D eigenvalue weighted by Gasteiger charge is -2.23. The number of rotatable bonds is 4. The fraction of sp³-hybridized carbons (Fsp3) is 0.583. The Morgan fingerprint density at radius 3 is 3.06 bits per heavy atom. The topological polar surface area (TPSA) is 57.4 Å². The Bertz CT molecular complexity index is 368. The van der Waals surface area contributed by atoms with Crippen LogP contribution in [0, 0.1) is 0 Å². The van der Waals surface area contributed by atoms with Crippen molar-refractivity contribution >= 4 is 11.6 Å². The summed E-state index contributed by atoms with van der Waals surface area (Å²) in [6.45, 7) is 1.62. The molecule has 0 aliphatic carbocycles. The van der Waals surface area contributed by atoms with Gasteiger partial charge < -0.3 is 15.2 Å². The number of ether oxygens (including phenoxy) is 2. The Kier molecular flexibility index (Phi) is 4.74. The van der Waals surface area contributed by atoms with Crippen molar-refractivity contribution in [3.05, 3.63) is 28.5 Å². The quantitative estimate of drug-likeness (QED) is 0.898. The van der Waals surface area contributed by atoms with E-state index in [1.165, 1.54) is 0 Å². The summed E-state index contributed by atoms with van der Waals surface area (Å²) in [5, 5.41) is 0.601. The number of nitrogens with zero attached hydrogens (tertiary/aromatic N) is 1. The van der Waals surface area contributed by atoms with Gasteiger partial charge in [0.2, 0.25) is 0 Å². The molecule has 1 aliphatic heterocycles. The van der Waals surface area contributed by atoms with Gasteiger partial charge in [-0.3, -0.25) is 4.98 Å². The minimum absolute atomic E-state index is 0.112. The van der Waals surface area contributed by atoms with Crippen molar-refractivity contribution in [1.29, 1.82) is 0 Å². The summed E-state index contributed by atoms with van der Waals surface area (Å²) in [5.41, 5.74) is 7.48. The molecule has 2 N–H and O–H groups in total. The smallest absolute Gasteiger partial charge is 0.158 e. The van der Waals surface area contributed by atoms with Crippen molar-refractivity contribution in [3.63, 3.8) is 0 Å². The highest BCUT2D eigenvalue weighted by molar-refractivity contribution is 6.31. The number of nitrogens with two attached hydrogens (primary N) is 1. The van der Waals surface area contributed by atoms with Gasteiger partial charge in [0.05, 0.1) is 11.6 Å². The van der Waals surface area contributed by atoms with Crippen molar-refractivity contribution in [1.82, 2.24) is 4.98 Å². The molecule has 1 aromatic heterocycles. The van der Waals surface area contributed by atoms with E-state index < -0.39 is 0 Å². The fourth-order valence-electron chi connectivity index (χ4n) is 1.86. The number of hydrogen-bond donors (Lipinski definition) is 1. The molecule has 17 heavy (non-hydrogen) atoms. The van der Waals surface area contributed by atoms with Gasteiger partial charge in [0, 0.05) is 31.1 Å². The van der Waals surface area contributed by atoms with Crippen LogP contribution in [0.4, 0.5) is 0 Å². The lowest BCUT2D eigenvalue weighted by Crippen LogP contribution is -2.22. The molecular formula is C12H17ClN2O2. The van der Waals surface area contributed by atoms with Gasteiger partial charge in [0.15, 0.2) is 6.29 Å². The second-order valence-electron chi connectivity index (χ2n) is 4.07. The normalized spacial score (nSPS) is 20.5. The summed E-state index contributed by atoms with van der Waals surface area (Å²) < 4.78 is 11.2. The highest BCUT2D eigenvalue weighted by Crippen LogP contribution is 2.22. The molecule has 1 fully saturated rings. The van der Waals surface area contributed by atoms with Gasteiger partial charge in [-0.15, -0.1) is 0 Å². The van der Waals surface area contributed by atoms with Gasteiger partial charge in [-0.05, 0) is 24.8 Å². The first-order valence-electron chi connectivity index (χ1n) is 5.86. The predicted molar refractivity (Wildman–Crippen MR) is 65.5 cm³/mol. The molecule has 1 atom stereocenters. The molecule has 0 bridgehead atoms. The van der Waals surface area contributed by atoms with Crippen LogP contribution in [0.15, 0.2) is 12.4 Å². The van der Waals surface area contributed by atoms with Gasteiger partial charge in [-0.1, -0.05) is 11.6 Å². The van der Waals surface area contributed by atoms with E-state index in [0.717, 1.165) is 37.0 Å². The largest absolute Gasteiger partial charge is 0.353 e. The summed E-state index contributed by atoms with van der Waals surface area (Å²) >= 11 is 6.09. The van der Waals surface area contributed by atoms with E-state index in [1.54, 1.807) is 12.4 Å². The molecule has 1 unspecified atom stereocenters. The molecule has 0 spiro atoms. The summed E-state index contributed by atoms with van der Waals surface area (Å²) in [5.74, 6) is 0. The van der Waals surface area contributed by atoms with Crippen molar-refractivity contribution in [3.8, 4) is 0 Å². The van der Waals surface area contributed by atoms with E-state index in [4.69, 9.17) is 26.8 Å². The van der Waals surface area contributed by atoms with Crippen molar-refractivity contribution in [2.24, 2.45) is 5.73 Å². The van der Waals surface area contributed by atoms with Crippen molar-refractivity contribution < 1.29 is 9.47 Å². The summed E-state index contributed by atoms with van der Waals surface area (Å²) in [6.07, 6.45) is 6.44. The minimum atomic E-state index is -0.112. The zero-order valence-electron chi connectivity index (χ0n) is 9.69. The molecule has 0 radical (unpaired) electrons. The van der Waals surface area contributed by atoms with E-state index in [1.807, 2.05) is 0 Å². The third-order valence-corrected chi connectivity index (χ3v) is 3.19. The Morgan fingerprint density at radius 1 is 1.47 bits per heavy atom. The first kappa shape index (κ1) is 12.8. The van der Waals surface area contributed by atoms with Gasteiger partial charge in [0.25, 0.3) is 0 Å². The van der Waals surface area contributed by atoms with Gasteiger partial charge >= 0.3 is 0 Å².